The Hall–Kier alpha value is -2.55. The fourth-order valence-electron chi connectivity index (χ4n) is 5.10. The number of hydrogen-bond acceptors (Lipinski definition) is 8. The number of carbonyl (C=O) groups is 2. The molecule has 0 aliphatic rings. The third kappa shape index (κ3) is 43.0. The van der Waals surface area contributed by atoms with E-state index in [1.807, 2.05) is 28.1 Å². The van der Waals surface area contributed by atoms with Crippen molar-refractivity contribution in [2.75, 3.05) is 47.5 Å². The van der Waals surface area contributed by atoms with Crippen molar-refractivity contribution in [1.82, 2.24) is 0 Å². The van der Waals surface area contributed by atoms with E-state index < -0.39 is 70.9 Å². The highest BCUT2D eigenvalue weighted by Crippen LogP contribution is 2.38. The number of carbonyl (C=O) groups excluding carboxylic acids is 2. The Labute approximate surface area is 369 Å². The van der Waals surface area contributed by atoms with Crippen LogP contribution in [-0.2, 0) is 32.7 Å². The molecule has 0 saturated carbocycles. The molecule has 0 aromatic carbocycles. The first-order valence-corrected chi connectivity index (χ1v) is 22.9. The molecule has 0 bridgehead atoms. The summed E-state index contributed by atoms with van der Waals surface area (Å²) in [6, 6.07) is 0. The van der Waals surface area contributed by atoms with Gasteiger partial charge in [-0.25, -0.2) is 0 Å². The number of nitrogens with zero attached hydrogens (tertiary/aromatic N) is 1. The molecule has 2 atom stereocenters. The van der Waals surface area contributed by atoms with E-state index in [4.69, 9.17) is 32.2 Å². The Morgan fingerprint density at radius 1 is 0.586 bits per heavy atom. The van der Waals surface area contributed by atoms with Gasteiger partial charge in [-0.1, -0.05) is 177 Å². The molecule has 0 aromatic heterocycles. The number of esters is 2. The average Bonchev–Trinajstić information content (AvgIpc) is 3.24. The van der Waals surface area contributed by atoms with Gasteiger partial charge in [-0.3, -0.25) is 14.2 Å². The minimum Gasteiger partial charge on any atom is -0.756 e. The second-order valence-electron chi connectivity index (χ2n) is 15.0. The first-order valence-electron chi connectivity index (χ1n) is 26.4. The molecule has 0 heterocycles. The van der Waals surface area contributed by atoms with Crippen molar-refractivity contribution in [3.05, 3.63) is 72.9 Å². The van der Waals surface area contributed by atoms with Crippen LogP contribution >= 0.6 is 7.82 Å². The van der Waals surface area contributed by atoms with Crippen molar-refractivity contribution >= 4 is 19.8 Å². The predicted octanol–water partition coefficient (Wildman–Crippen LogP) is 12.4. The standard InChI is InChI=1S/C48H84NO8P/c1-6-8-10-12-14-16-18-20-22-23-24-25-27-29-31-33-35-37-39-41-48(51)57-46(45-56-58(52,53)55-43-42-49(3,4)5)44-54-47(50)40-38-36-34-32-30-28-26-21-19-17-15-13-11-9-7-2/h8,10,14,16,20,22,24-25,29,31,35,37,46H,6-7,9,11-13,15,17-19,21,23,26-28,30,32-34,36,38-45H2,1-5H3/b10-8-,16-14-,22-20-,25-24-,31-29-,37-35-/t46-/m1/s1/i12D2,18D2,23D2,27D2,33D2. The number of allylic oxidation sites excluding steroid dienone is 12. The number of unbranched alkanes of at least 4 members (excludes halogenated alkanes) is 14. The van der Waals surface area contributed by atoms with E-state index in [9.17, 15) is 19.0 Å². The lowest BCUT2D eigenvalue weighted by atomic mass is 10.0. The van der Waals surface area contributed by atoms with Crippen LogP contribution in [0.4, 0.5) is 0 Å². The zero-order chi connectivity index (χ0) is 51.8. The maximum absolute atomic E-state index is 12.8. The van der Waals surface area contributed by atoms with Crippen LogP contribution in [0.1, 0.15) is 181 Å². The van der Waals surface area contributed by atoms with E-state index in [1.54, 1.807) is 6.08 Å². The van der Waals surface area contributed by atoms with Crippen molar-refractivity contribution in [2.24, 2.45) is 0 Å². The molecule has 0 fully saturated rings. The summed E-state index contributed by atoms with van der Waals surface area (Å²) >= 11 is 0. The normalized spacial score (nSPS) is 18.0. The van der Waals surface area contributed by atoms with Crippen LogP contribution < -0.4 is 4.89 Å². The minimum atomic E-state index is -4.80. The Balaban J connectivity index is 5.20. The summed E-state index contributed by atoms with van der Waals surface area (Å²) < 4.78 is 115. The second-order valence-corrected chi connectivity index (χ2v) is 16.4. The number of likely N-dealkylation sites (N-methyl/N-ethyl adjacent to an activating group) is 1. The molecule has 1 unspecified atom stereocenters. The second kappa shape index (κ2) is 39.9. The molecule has 0 rings (SSSR count). The monoisotopic (exact) mass is 844 g/mol. The fraction of sp³-hybridized carbons (Fsp3) is 0.708. The van der Waals surface area contributed by atoms with E-state index in [0.717, 1.165) is 73.9 Å². The number of hydrogen-bond donors (Lipinski definition) is 0. The highest BCUT2D eigenvalue weighted by atomic mass is 31.2. The predicted molar refractivity (Wildman–Crippen MR) is 240 cm³/mol. The molecular weight excluding hydrogens is 750 g/mol. The quantitative estimate of drug-likeness (QED) is 0.0197. The van der Waals surface area contributed by atoms with Crippen molar-refractivity contribution in [3.63, 3.8) is 0 Å². The number of ether oxygens (including phenoxy) is 2. The molecule has 0 aromatic rings. The third-order valence-corrected chi connectivity index (χ3v) is 9.39. The van der Waals surface area contributed by atoms with Crippen LogP contribution in [0.5, 0.6) is 0 Å². The van der Waals surface area contributed by atoms with Crippen LogP contribution in [0.2, 0.25) is 0 Å². The zero-order valence-electron chi connectivity index (χ0n) is 46.4. The van der Waals surface area contributed by atoms with Crippen LogP contribution in [-0.4, -0.2) is 70.0 Å². The Morgan fingerprint density at radius 3 is 1.47 bits per heavy atom. The van der Waals surface area contributed by atoms with Gasteiger partial charge in [0.2, 0.25) is 0 Å². The van der Waals surface area contributed by atoms with E-state index in [-0.39, 0.29) is 25.9 Å². The Bertz CT molecular complexity index is 1650. The van der Waals surface area contributed by atoms with Crippen molar-refractivity contribution in [2.45, 2.75) is 174 Å². The van der Waals surface area contributed by atoms with E-state index in [0.29, 0.717) is 23.9 Å². The van der Waals surface area contributed by atoms with Gasteiger partial charge in [0, 0.05) is 26.5 Å². The Kier molecular flexibility index (Phi) is 27.2. The molecule has 0 saturated heterocycles. The third-order valence-electron chi connectivity index (χ3n) is 8.42. The highest BCUT2D eigenvalue weighted by Gasteiger charge is 2.21. The number of phosphoric acid groups is 1. The molecule has 58 heavy (non-hydrogen) atoms. The summed E-state index contributed by atoms with van der Waals surface area (Å²) in [5, 5.41) is 0. The molecule has 0 radical (unpaired) electrons. The summed E-state index contributed by atoms with van der Waals surface area (Å²) in [5.41, 5.74) is 0. The van der Waals surface area contributed by atoms with Crippen LogP contribution in [0.25, 0.3) is 0 Å². The van der Waals surface area contributed by atoms with Crippen molar-refractivity contribution in [3.8, 4) is 0 Å². The largest absolute Gasteiger partial charge is 0.756 e. The summed E-state index contributed by atoms with van der Waals surface area (Å²) in [6.45, 7) is 3.17. The fourth-order valence-corrected chi connectivity index (χ4v) is 5.83. The number of quaternary nitrogens is 1. The van der Waals surface area contributed by atoms with Crippen LogP contribution in [0, 0.1) is 0 Å². The molecule has 0 aliphatic carbocycles. The van der Waals surface area contributed by atoms with E-state index in [2.05, 4.69) is 6.92 Å². The molecule has 334 valence electrons. The number of phosphoric ester groups is 1. The highest BCUT2D eigenvalue weighted by molar-refractivity contribution is 7.45. The van der Waals surface area contributed by atoms with Gasteiger partial charge in [-0.2, -0.15) is 0 Å². The van der Waals surface area contributed by atoms with E-state index >= 15 is 0 Å². The molecule has 0 N–H and O–H groups in total. The van der Waals surface area contributed by atoms with Gasteiger partial charge in [0.1, 0.15) is 19.8 Å². The topological polar surface area (TPSA) is 111 Å². The van der Waals surface area contributed by atoms with Crippen molar-refractivity contribution in [1.29, 1.82) is 0 Å². The van der Waals surface area contributed by atoms with Gasteiger partial charge < -0.3 is 27.9 Å². The lowest BCUT2D eigenvalue weighted by molar-refractivity contribution is -0.870. The van der Waals surface area contributed by atoms with Gasteiger partial charge in [0.25, 0.3) is 7.82 Å². The molecule has 0 amide bonds. The summed E-state index contributed by atoms with van der Waals surface area (Å²) in [7, 11) is 0.782. The van der Waals surface area contributed by atoms with Gasteiger partial charge in [-0.05, 0) is 51.1 Å². The van der Waals surface area contributed by atoms with E-state index in [1.165, 1.54) is 82.8 Å². The van der Waals surface area contributed by atoms with Gasteiger partial charge >= 0.3 is 11.9 Å². The lowest BCUT2D eigenvalue weighted by Crippen LogP contribution is -2.37. The van der Waals surface area contributed by atoms with Crippen molar-refractivity contribution < 1.29 is 55.8 Å². The van der Waals surface area contributed by atoms with Gasteiger partial charge in [0.05, 0.1) is 27.7 Å². The average molecular weight is 844 g/mol. The Morgan fingerprint density at radius 2 is 1.02 bits per heavy atom. The summed E-state index contributed by atoms with van der Waals surface area (Å²) in [4.78, 5) is 37.8. The first-order chi connectivity index (χ1) is 31.5. The first kappa shape index (κ1) is 39.6. The van der Waals surface area contributed by atoms with Gasteiger partial charge in [-0.15, -0.1) is 0 Å². The molecular formula is C48H84NO8P. The summed E-state index contributed by atoms with van der Waals surface area (Å²) in [6.07, 6.45) is 18.7. The minimum absolute atomic E-state index is 0.0189. The molecule has 10 heteroatoms. The van der Waals surface area contributed by atoms with Crippen LogP contribution in [0.3, 0.4) is 0 Å². The maximum Gasteiger partial charge on any atom is 0.306 e. The SMILES string of the molecule is [2H]C([2H])(/C=C\CC)/C=C\C([2H])([2H])/C=C\C([2H])([2H])/C=C\C([2H])([2H])/C=C\C([2H])([2H])/C=C\CCC(=O)O[C@H](COC(=O)CCCCCCCCCCCCCCCCC)COP(=O)([O-])OCC[N+](C)(C)C. The molecule has 9 nitrogen and oxygen atoms in total. The van der Waals surface area contributed by atoms with Crippen LogP contribution in [0.15, 0.2) is 72.9 Å². The molecule has 0 aliphatic heterocycles. The lowest BCUT2D eigenvalue weighted by Gasteiger charge is -2.28. The summed E-state index contributed by atoms with van der Waals surface area (Å²) in [5.74, 6) is -1.32. The molecule has 0 spiro atoms. The maximum atomic E-state index is 12.8. The van der Waals surface area contributed by atoms with Gasteiger partial charge in [0.15, 0.2) is 6.10 Å². The number of rotatable bonds is 40. The smallest absolute Gasteiger partial charge is 0.306 e. The zero-order valence-corrected chi connectivity index (χ0v) is 37.3.